The van der Waals surface area contributed by atoms with E-state index in [0.717, 1.165) is 11.1 Å². The van der Waals surface area contributed by atoms with Crippen LogP contribution in [-0.2, 0) is 0 Å². The van der Waals surface area contributed by atoms with Crippen molar-refractivity contribution >= 4 is 5.91 Å². The van der Waals surface area contributed by atoms with E-state index >= 15 is 0 Å². The molecule has 1 N–H and O–H groups in total. The van der Waals surface area contributed by atoms with Gasteiger partial charge < -0.3 is 5.32 Å². The zero-order valence-corrected chi connectivity index (χ0v) is 11.5. The number of aryl methyl sites for hydroxylation is 2. The van der Waals surface area contributed by atoms with Crippen LogP contribution in [0.3, 0.4) is 0 Å². The summed E-state index contributed by atoms with van der Waals surface area (Å²) in [5, 5.41) is 2.78. The van der Waals surface area contributed by atoms with E-state index in [2.05, 4.69) is 42.3 Å². The summed E-state index contributed by atoms with van der Waals surface area (Å²) < 4.78 is 0. The Labute approximate surface area is 113 Å². The highest BCUT2D eigenvalue weighted by Gasteiger charge is 2.07. The van der Waals surface area contributed by atoms with Gasteiger partial charge in [0, 0.05) is 24.5 Å². The number of nitrogens with zero attached hydrogens (tertiary/aromatic N) is 1. The van der Waals surface area contributed by atoms with Crippen molar-refractivity contribution in [3.8, 4) is 11.1 Å². The maximum Gasteiger partial charge on any atom is 0.252 e. The summed E-state index contributed by atoms with van der Waals surface area (Å²) in [4.78, 5) is 16.0. The van der Waals surface area contributed by atoms with E-state index in [-0.39, 0.29) is 5.91 Å². The minimum Gasteiger partial charge on any atom is -0.352 e. The van der Waals surface area contributed by atoms with Crippen LogP contribution in [-0.4, -0.2) is 17.4 Å². The molecule has 0 aliphatic rings. The van der Waals surface area contributed by atoms with E-state index in [0.29, 0.717) is 12.1 Å². The molecule has 3 nitrogen and oxygen atoms in total. The van der Waals surface area contributed by atoms with Crippen molar-refractivity contribution < 1.29 is 4.79 Å². The molecule has 0 unspecified atom stereocenters. The van der Waals surface area contributed by atoms with Crippen molar-refractivity contribution in [2.75, 3.05) is 6.54 Å². The Kier molecular flexibility index (Phi) is 3.95. The van der Waals surface area contributed by atoms with Crippen molar-refractivity contribution in [1.29, 1.82) is 0 Å². The number of pyridine rings is 1. The molecule has 2 aromatic rings. The maximum atomic E-state index is 11.8. The zero-order chi connectivity index (χ0) is 13.8. The normalized spacial score (nSPS) is 10.3. The van der Waals surface area contributed by atoms with Crippen molar-refractivity contribution in [2.24, 2.45) is 0 Å². The molecular formula is C16H18N2O. The molecule has 1 amide bonds. The lowest BCUT2D eigenvalue weighted by Crippen LogP contribution is -2.22. The topological polar surface area (TPSA) is 42.0 Å². The fourth-order valence-corrected chi connectivity index (χ4v) is 2.13. The Morgan fingerprint density at radius 3 is 2.37 bits per heavy atom. The molecule has 0 saturated heterocycles. The molecule has 98 valence electrons. The number of carbonyl (C=O) groups is 1. The van der Waals surface area contributed by atoms with E-state index in [4.69, 9.17) is 0 Å². The molecule has 0 radical (unpaired) electrons. The monoisotopic (exact) mass is 254 g/mol. The van der Waals surface area contributed by atoms with Gasteiger partial charge in [-0.1, -0.05) is 29.3 Å². The third-order valence-corrected chi connectivity index (χ3v) is 2.89. The first-order valence-corrected chi connectivity index (χ1v) is 6.42. The smallest absolute Gasteiger partial charge is 0.252 e. The molecule has 1 aromatic carbocycles. The molecular weight excluding hydrogens is 236 g/mol. The Bertz CT molecular complexity index is 585. The van der Waals surface area contributed by atoms with Crippen LogP contribution in [0.4, 0.5) is 0 Å². The largest absolute Gasteiger partial charge is 0.352 e. The second kappa shape index (κ2) is 5.65. The third-order valence-electron chi connectivity index (χ3n) is 2.89. The Hall–Kier alpha value is -2.16. The quantitative estimate of drug-likeness (QED) is 0.914. The van der Waals surface area contributed by atoms with Gasteiger partial charge in [0.05, 0.1) is 5.56 Å². The summed E-state index contributed by atoms with van der Waals surface area (Å²) in [5.74, 6) is -0.0822. The van der Waals surface area contributed by atoms with Crippen LogP contribution < -0.4 is 5.32 Å². The number of benzene rings is 1. The fourth-order valence-electron chi connectivity index (χ4n) is 2.13. The van der Waals surface area contributed by atoms with Crippen LogP contribution in [0.5, 0.6) is 0 Å². The first kappa shape index (κ1) is 13.3. The number of nitrogens with one attached hydrogen (secondary N) is 1. The molecule has 19 heavy (non-hydrogen) atoms. The predicted octanol–water partition coefficient (Wildman–Crippen LogP) is 3.12. The van der Waals surface area contributed by atoms with Gasteiger partial charge in [0.15, 0.2) is 0 Å². The number of amides is 1. The highest BCUT2D eigenvalue weighted by molar-refractivity contribution is 5.95. The first-order chi connectivity index (χ1) is 9.10. The van der Waals surface area contributed by atoms with Crippen molar-refractivity contribution in [3.63, 3.8) is 0 Å². The maximum absolute atomic E-state index is 11.8. The molecule has 0 saturated carbocycles. The summed E-state index contributed by atoms with van der Waals surface area (Å²) in [6.07, 6.45) is 3.38. The van der Waals surface area contributed by atoms with Gasteiger partial charge in [-0.2, -0.15) is 0 Å². The molecule has 0 spiro atoms. The van der Waals surface area contributed by atoms with E-state index < -0.39 is 0 Å². The predicted molar refractivity (Wildman–Crippen MR) is 77.2 cm³/mol. The highest BCUT2D eigenvalue weighted by Crippen LogP contribution is 2.22. The van der Waals surface area contributed by atoms with Crippen LogP contribution in [0.25, 0.3) is 11.1 Å². The average Bonchev–Trinajstić information content (AvgIpc) is 2.38. The molecule has 0 aliphatic carbocycles. The second-order valence-electron chi connectivity index (χ2n) is 4.70. The first-order valence-electron chi connectivity index (χ1n) is 6.42. The molecule has 0 bridgehead atoms. The fraction of sp³-hybridized carbons (Fsp3) is 0.250. The third kappa shape index (κ3) is 3.19. The van der Waals surface area contributed by atoms with Gasteiger partial charge in [0.25, 0.3) is 5.91 Å². The van der Waals surface area contributed by atoms with Crippen molar-refractivity contribution in [2.45, 2.75) is 20.8 Å². The van der Waals surface area contributed by atoms with Crippen molar-refractivity contribution in [1.82, 2.24) is 10.3 Å². The molecule has 2 rings (SSSR count). The lowest BCUT2D eigenvalue weighted by Gasteiger charge is -2.07. The average molecular weight is 254 g/mol. The van der Waals surface area contributed by atoms with Gasteiger partial charge >= 0.3 is 0 Å². The summed E-state index contributed by atoms with van der Waals surface area (Å²) in [6, 6.07) is 8.22. The summed E-state index contributed by atoms with van der Waals surface area (Å²) in [6.45, 7) is 6.65. The second-order valence-corrected chi connectivity index (χ2v) is 4.70. The molecule has 1 aromatic heterocycles. The van der Waals surface area contributed by atoms with Gasteiger partial charge in [-0.15, -0.1) is 0 Å². The van der Waals surface area contributed by atoms with Crippen LogP contribution in [0, 0.1) is 13.8 Å². The summed E-state index contributed by atoms with van der Waals surface area (Å²) in [7, 11) is 0. The van der Waals surface area contributed by atoms with Crippen LogP contribution in [0.1, 0.15) is 28.4 Å². The van der Waals surface area contributed by atoms with Gasteiger partial charge in [0.1, 0.15) is 0 Å². The lowest BCUT2D eigenvalue weighted by molar-refractivity contribution is 0.0955. The summed E-state index contributed by atoms with van der Waals surface area (Å²) in [5.41, 5.74) is 5.07. The molecule has 0 fully saturated rings. The summed E-state index contributed by atoms with van der Waals surface area (Å²) >= 11 is 0. The van der Waals surface area contributed by atoms with E-state index in [1.165, 1.54) is 11.1 Å². The molecule has 0 aliphatic heterocycles. The van der Waals surface area contributed by atoms with E-state index in [9.17, 15) is 4.79 Å². The minimum atomic E-state index is -0.0822. The number of rotatable bonds is 3. The molecule has 0 atom stereocenters. The Balaban J connectivity index is 2.40. The van der Waals surface area contributed by atoms with Gasteiger partial charge in [0.2, 0.25) is 0 Å². The van der Waals surface area contributed by atoms with Crippen LogP contribution >= 0.6 is 0 Å². The number of carbonyl (C=O) groups excluding carboxylic acids is 1. The Morgan fingerprint density at radius 2 is 1.74 bits per heavy atom. The highest BCUT2D eigenvalue weighted by atomic mass is 16.1. The van der Waals surface area contributed by atoms with Crippen molar-refractivity contribution in [3.05, 3.63) is 53.3 Å². The molecule has 1 heterocycles. The van der Waals surface area contributed by atoms with Gasteiger partial charge in [-0.05, 0) is 32.4 Å². The van der Waals surface area contributed by atoms with Gasteiger partial charge in [-0.3, -0.25) is 9.78 Å². The number of aromatic nitrogens is 1. The Morgan fingerprint density at radius 1 is 1.05 bits per heavy atom. The van der Waals surface area contributed by atoms with E-state index in [1.54, 1.807) is 12.4 Å². The van der Waals surface area contributed by atoms with E-state index in [1.807, 2.05) is 13.0 Å². The van der Waals surface area contributed by atoms with Gasteiger partial charge in [-0.25, -0.2) is 0 Å². The van der Waals surface area contributed by atoms with Crippen LogP contribution in [0.15, 0.2) is 36.7 Å². The lowest BCUT2D eigenvalue weighted by atomic mass is 10.0. The standard InChI is InChI=1S/C16H18N2O/c1-4-18-16(19)15-8-14(9-17-10-15)13-6-11(2)5-12(3)7-13/h5-10H,4H2,1-3H3,(H,18,19). The number of hydrogen-bond donors (Lipinski definition) is 1. The minimum absolute atomic E-state index is 0.0822. The zero-order valence-electron chi connectivity index (χ0n) is 11.5. The van der Waals surface area contributed by atoms with Crippen LogP contribution in [0.2, 0.25) is 0 Å². The molecule has 3 heteroatoms. The number of hydrogen-bond acceptors (Lipinski definition) is 2. The SMILES string of the molecule is CCNC(=O)c1cncc(-c2cc(C)cc(C)c2)c1.